The summed E-state index contributed by atoms with van der Waals surface area (Å²) in [6.45, 7) is 5.20. The smallest absolute Gasteiger partial charge is 0.272 e. The number of nitrogens with zero attached hydrogens (tertiary/aromatic N) is 6. The maximum Gasteiger partial charge on any atom is 0.272 e. The molecule has 5 rings (SSSR count). The Morgan fingerprint density at radius 2 is 2.00 bits per heavy atom. The molecule has 0 unspecified atom stereocenters. The maximum absolute atomic E-state index is 13.0. The number of carbonyl (C=O) groups is 1. The lowest BCUT2D eigenvalue weighted by Crippen LogP contribution is -2.40. The number of amides is 1. The van der Waals surface area contributed by atoms with E-state index in [1.165, 1.54) is 0 Å². The monoisotopic (exact) mass is 418 g/mol. The molecule has 3 aromatic heterocycles. The van der Waals surface area contributed by atoms with E-state index in [9.17, 15) is 4.79 Å². The first-order chi connectivity index (χ1) is 15.2. The molecule has 1 amide bonds. The van der Waals surface area contributed by atoms with Crippen LogP contribution in [-0.4, -0.2) is 57.1 Å². The van der Waals surface area contributed by atoms with Crippen molar-refractivity contribution in [2.24, 2.45) is 0 Å². The van der Waals surface area contributed by atoms with E-state index < -0.39 is 0 Å². The van der Waals surface area contributed by atoms with Crippen LogP contribution in [0.3, 0.4) is 0 Å². The normalized spacial score (nSPS) is 19.1. The van der Waals surface area contributed by atoms with Crippen molar-refractivity contribution < 1.29 is 9.32 Å². The van der Waals surface area contributed by atoms with Gasteiger partial charge in [0.1, 0.15) is 5.69 Å². The summed E-state index contributed by atoms with van der Waals surface area (Å²) in [6, 6.07) is 7.35. The fourth-order valence-electron chi connectivity index (χ4n) is 4.48. The molecule has 0 aromatic carbocycles. The number of hydrogen-bond donors (Lipinski definition) is 0. The summed E-state index contributed by atoms with van der Waals surface area (Å²) in [5.41, 5.74) is 3.10. The van der Waals surface area contributed by atoms with Gasteiger partial charge in [0.15, 0.2) is 5.76 Å². The number of pyridine rings is 1. The minimum Gasteiger partial charge on any atom is -0.356 e. The van der Waals surface area contributed by atoms with Crippen molar-refractivity contribution in [3.8, 4) is 11.3 Å². The Bertz CT molecular complexity index is 1060. The van der Waals surface area contributed by atoms with Gasteiger partial charge < -0.3 is 14.3 Å². The number of aryl methyl sites for hydroxylation is 1. The summed E-state index contributed by atoms with van der Waals surface area (Å²) in [5.74, 6) is 1.51. The molecule has 3 aromatic rings. The largest absolute Gasteiger partial charge is 0.356 e. The zero-order valence-corrected chi connectivity index (χ0v) is 17.7. The van der Waals surface area contributed by atoms with Crippen molar-refractivity contribution in [3.63, 3.8) is 0 Å². The third kappa shape index (κ3) is 4.02. The second-order valence-corrected chi connectivity index (χ2v) is 8.30. The average molecular weight is 419 g/mol. The van der Waals surface area contributed by atoms with Gasteiger partial charge >= 0.3 is 0 Å². The molecular weight excluding hydrogens is 392 g/mol. The fourth-order valence-corrected chi connectivity index (χ4v) is 4.48. The number of aromatic nitrogens is 4. The van der Waals surface area contributed by atoms with Crippen molar-refractivity contribution in [1.82, 2.24) is 25.0 Å². The molecule has 0 spiro atoms. The van der Waals surface area contributed by atoms with Crippen LogP contribution < -0.4 is 4.90 Å². The van der Waals surface area contributed by atoms with Crippen molar-refractivity contribution >= 4 is 11.9 Å². The first-order valence-corrected chi connectivity index (χ1v) is 10.9. The van der Waals surface area contributed by atoms with Gasteiger partial charge in [-0.25, -0.2) is 9.97 Å². The highest BCUT2D eigenvalue weighted by molar-refractivity contribution is 5.92. The molecule has 0 N–H and O–H groups in total. The van der Waals surface area contributed by atoms with Crippen LogP contribution in [0.15, 0.2) is 41.2 Å². The SMILES string of the molecule is Cc1cc(-c2cnc(N3CCCC3)nc2[C@H]2CCCN(C(=O)c3ccccn3)C2)on1. The molecule has 0 radical (unpaired) electrons. The molecule has 2 fully saturated rings. The Hall–Kier alpha value is -3.29. The summed E-state index contributed by atoms with van der Waals surface area (Å²) in [5, 5.41) is 4.05. The van der Waals surface area contributed by atoms with E-state index in [2.05, 4.69) is 20.0 Å². The van der Waals surface area contributed by atoms with Crippen LogP contribution in [0.4, 0.5) is 5.95 Å². The molecule has 1 atom stereocenters. The Morgan fingerprint density at radius 1 is 1.13 bits per heavy atom. The van der Waals surface area contributed by atoms with Crippen LogP contribution >= 0.6 is 0 Å². The van der Waals surface area contributed by atoms with E-state index in [0.29, 0.717) is 18.0 Å². The minimum absolute atomic E-state index is 0.0313. The molecule has 0 bridgehead atoms. The highest BCUT2D eigenvalue weighted by atomic mass is 16.5. The Labute approximate surface area is 181 Å². The van der Waals surface area contributed by atoms with Gasteiger partial charge in [-0.2, -0.15) is 0 Å². The molecule has 0 saturated carbocycles. The van der Waals surface area contributed by atoms with Gasteiger partial charge in [-0.05, 0) is 44.7 Å². The fraction of sp³-hybridized carbons (Fsp3) is 0.435. The number of carbonyl (C=O) groups excluding carboxylic acids is 1. The predicted octanol–water partition coefficient (Wildman–Crippen LogP) is 3.46. The third-order valence-electron chi connectivity index (χ3n) is 6.07. The average Bonchev–Trinajstić information content (AvgIpc) is 3.51. The molecule has 2 aliphatic heterocycles. The van der Waals surface area contributed by atoms with Crippen LogP contribution in [0.2, 0.25) is 0 Å². The quantitative estimate of drug-likeness (QED) is 0.641. The number of rotatable bonds is 4. The number of likely N-dealkylation sites (tertiary alicyclic amines) is 1. The number of hydrogen-bond acceptors (Lipinski definition) is 7. The molecule has 160 valence electrons. The van der Waals surface area contributed by atoms with Crippen LogP contribution in [0.25, 0.3) is 11.3 Å². The van der Waals surface area contributed by atoms with Gasteiger partial charge in [0.2, 0.25) is 5.95 Å². The lowest BCUT2D eigenvalue weighted by molar-refractivity contribution is 0.0700. The first kappa shape index (κ1) is 19.7. The van der Waals surface area contributed by atoms with Crippen LogP contribution in [0, 0.1) is 6.92 Å². The molecule has 5 heterocycles. The summed E-state index contributed by atoms with van der Waals surface area (Å²) in [4.78, 5) is 31.0. The molecular formula is C23H26N6O2. The lowest BCUT2D eigenvalue weighted by Gasteiger charge is -2.33. The number of anilines is 1. The molecule has 8 nitrogen and oxygen atoms in total. The predicted molar refractivity (Wildman–Crippen MR) is 116 cm³/mol. The second-order valence-electron chi connectivity index (χ2n) is 8.30. The van der Waals surface area contributed by atoms with Crippen molar-refractivity contribution in [2.45, 2.75) is 38.5 Å². The van der Waals surface area contributed by atoms with E-state index in [1.54, 1.807) is 12.3 Å². The van der Waals surface area contributed by atoms with Gasteiger partial charge in [-0.15, -0.1) is 0 Å². The summed E-state index contributed by atoms with van der Waals surface area (Å²) >= 11 is 0. The van der Waals surface area contributed by atoms with E-state index in [4.69, 9.17) is 9.51 Å². The van der Waals surface area contributed by atoms with E-state index >= 15 is 0 Å². The Morgan fingerprint density at radius 3 is 2.74 bits per heavy atom. The molecule has 2 aliphatic rings. The highest BCUT2D eigenvalue weighted by Crippen LogP contribution is 2.35. The summed E-state index contributed by atoms with van der Waals surface area (Å²) < 4.78 is 5.56. The number of piperidine rings is 1. The molecule has 8 heteroatoms. The van der Waals surface area contributed by atoms with Gasteiger partial charge in [0.25, 0.3) is 5.91 Å². The van der Waals surface area contributed by atoms with E-state index in [-0.39, 0.29) is 11.8 Å². The van der Waals surface area contributed by atoms with Crippen LogP contribution in [0.1, 0.15) is 53.5 Å². The molecule has 0 aliphatic carbocycles. The highest BCUT2D eigenvalue weighted by Gasteiger charge is 2.30. The van der Waals surface area contributed by atoms with Crippen LogP contribution in [-0.2, 0) is 0 Å². The lowest BCUT2D eigenvalue weighted by atomic mass is 9.91. The Balaban J connectivity index is 1.48. The van der Waals surface area contributed by atoms with Crippen LogP contribution in [0.5, 0.6) is 0 Å². The second kappa shape index (κ2) is 8.45. The van der Waals surface area contributed by atoms with Gasteiger partial charge in [0.05, 0.1) is 17.0 Å². The van der Waals surface area contributed by atoms with Gasteiger partial charge in [-0.1, -0.05) is 11.2 Å². The van der Waals surface area contributed by atoms with Crippen molar-refractivity contribution in [2.75, 3.05) is 31.1 Å². The van der Waals surface area contributed by atoms with Gasteiger partial charge in [0, 0.05) is 50.6 Å². The van der Waals surface area contributed by atoms with E-state index in [0.717, 1.165) is 68.2 Å². The topological polar surface area (TPSA) is 88.3 Å². The molecule has 2 saturated heterocycles. The zero-order chi connectivity index (χ0) is 21.2. The van der Waals surface area contributed by atoms with Gasteiger partial charge in [-0.3, -0.25) is 9.78 Å². The standard InChI is InChI=1S/C23H26N6O2/c1-16-13-20(31-27-16)18-14-25-23(28-10-4-5-11-28)26-21(18)17-7-6-12-29(15-17)22(30)19-8-2-3-9-24-19/h2-3,8-9,13-14,17H,4-7,10-12,15H2,1H3/t17-/m0/s1. The minimum atomic E-state index is -0.0313. The first-order valence-electron chi connectivity index (χ1n) is 10.9. The van der Waals surface area contributed by atoms with E-state index in [1.807, 2.05) is 36.2 Å². The third-order valence-corrected chi connectivity index (χ3v) is 6.07. The van der Waals surface area contributed by atoms with Crippen molar-refractivity contribution in [3.05, 3.63) is 53.7 Å². The Kier molecular flexibility index (Phi) is 5.36. The maximum atomic E-state index is 13.0. The summed E-state index contributed by atoms with van der Waals surface area (Å²) in [6.07, 6.45) is 7.72. The summed E-state index contributed by atoms with van der Waals surface area (Å²) in [7, 11) is 0. The van der Waals surface area contributed by atoms with Crippen molar-refractivity contribution in [1.29, 1.82) is 0 Å². The zero-order valence-electron chi connectivity index (χ0n) is 17.7. The molecule has 31 heavy (non-hydrogen) atoms.